The third-order valence-corrected chi connectivity index (χ3v) is 5.77. The Kier molecular flexibility index (Phi) is 4.75. The summed E-state index contributed by atoms with van der Waals surface area (Å²) in [6.07, 6.45) is 7.13. The molecule has 1 aromatic carbocycles. The van der Waals surface area contributed by atoms with Gasteiger partial charge >= 0.3 is 0 Å². The molecule has 0 bridgehead atoms. The van der Waals surface area contributed by atoms with Crippen LogP contribution in [0.3, 0.4) is 0 Å². The minimum Gasteiger partial charge on any atom is -0.354 e. The number of pyridine rings is 1. The topological polar surface area (TPSA) is 45.2 Å². The van der Waals surface area contributed by atoms with Crippen LogP contribution in [0.25, 0.3) is 11.4 Å². The van der Waals surface area contributed by atoms with E-state index >= 15 is 0 Å². The van der Waals surface area contributed by atoms with Crippen molar-refractivity contribution < 1.29 is 0 Å². The van der Waals surface area contributed by atoms with Gasteiger partial charge in [-0.2, -0.15) is 0 Å². The van der Waals surface area contributed by atoms with Gasteiger partial charge in [-0.1, -0.05) is 30.3 Å². The Bertz CT molecular complexity index is 934. The fraction of sp³-hybridized carbons (Fsp3) is 0.348. The van der Waals surface area contributed by atoms with Gasteiger partial charge in [-0.25, -0.2) is 9.97 Å². The maximum absolute atomic E-state index is 5.04. The van der Waals surface area contributed by atoms with Gasteiger partial charge in [0.05, 0.1) is 0 Å². The summed E-state index contributed by atoms with van der Waals surface area (Å²) in [6.45, 7) is 5.14. The van der Waals surface area contributed by atoms with Crippen LogP contribution < -0.4 is 4.90 Å². The molecule has 2 aromatic heterocycles. The maximum atomic E-state index is 5.04. The Hall–Kier alpha value is -2.79. The van der Waals surface area contributed by atoms with E-state index in [4.69, 9.17) is 9.97 Å². The number of anilines is 1. The molecule has 0 saturated carbocycles. The van der Waals surface area contributed by atoms with Crippen LogP contribution in [0.15, 0.2) is 54.9 Å². The highest BCUT2D eigenvalue weighted by atomic mass is 15.3. The van der Waals surface area contributed by atoms with Crippen LogP contribution in [-0.2, 0) is 19.4 Å². The maximum Gasteiger partial charge on any atom is 0.161 e. The summed E-state index contributed by atoms with van der Waals surface area (Å²) in [5, 5.41) is 0. The first-order valence-corrected chi connectivity index (χ1v) is 10.2. The predicted octanol–water partition coefficient (Wildman–Crippen LogP) is 3.35. The molecule has 0 unspecified atom stereocenters. The van der Waals surface area contributed by atoms with E-state index in [0.29, 0.717) is 0 Å². The first-order chi connectivity index (χ1) is 13.9. The van der Waals surface area contributed by atoms with Gasteiger partial charge in [0.15, 0.2) is 5.82 Å². The van der Waals surface area contributed by atoms with Gasteiger partial charge in [-0.3, -0.25) is 9.88 Å². The molecule has 0 amide bonds. The van der Waals surface area contributed by atoms with Gasteiger partial charge < -0.3 is 4.90 Å². The minimum absolute atomic E-state index is 0.871. The normalized spacial score (nSPS) is 16.9. The second-order valence-corrected chi connectivity index (χ2v) is 7.63. The van der Waals surface area contributed by atoms with Crippen LogP contribution in [0, 0.1) is 0 Å². The number of hydrogen-bond donors (Lipinski definition) is 0. The van der Waals surface area contributed by atoms with E-state index in [2.05, 4.69) is 51.2 Å². The second-order valence-electron chi connectivity index (χ2n) is 7.63. The van der Waals surface area contributed by atoms with E-state index in [0.717, 1.165) is 57.0 Å². The molecule has 0 radical (unpaired) electrons. The lowest BCUT2D eigenvalue weighted by Gasteiger charge is -2.36. The number of piperazine rings is 1. The standard InChI is InChI=1S/C23H25N5/c1-2-5-19(6-3-1)22-25-21-8-4-7-20(21)23(26-22)28-15-13-27(14-16-28)17-18-9-11-24-12-10-18/h1-3,5-6,9-12H,4,7-8,13-17H2. The molecule has 0 N–H and O–H groups in total. The molecule has 0 atom stereocenters. The number of rotatable bonds is 4. The lowest BCUT2D eigenvalue weighted by atomic mass is 10.1. The van der Waals surface area contributed by atoms with Crippen LogP contribution in [-0.4, -0.2) is 46.0 Å². The third-order valence-electron chi connectivity index (χ3n) is 5.77. The van der Waals surface area contributed by atoms with Crippen LogP contribution in [0.4, 0.5) is 5.82 Å². The van der Waals surface area contributed by atoms with Crippen molar-refractivity contribution in [2.75, 3.05) is 31.1 Å². The van der Waals surface area contributed by atoms with Gasteiger partial charge in [0.25, 0.3) is 0 Å². The molecule has 1 aliphatic heterocycles. The Balaban J connectivity index is 1.36. The Morgan fingerprint density at radius 3 is 2.39 bits per heavy atom. The van der Waals surface area contributed by atoms with Gasteiger partial charge in [-0.15, -0.1) is 0 Å². The summed E-state index contributed by atoms with van der Waals surface area (Å²) >= 11 is 0. The van der Waals surface area contributed by atoms with Crippen molar-refractivity contribution in [3.63, 3.8) is 0 Å². The second kappa shape index (κ2) is 7.68. The fourth-order valence-electron chi connectivity index (χ4n) is 4.25. The Morgan fingerprint density at radius 2 is 1.61 bits per heavy atom. The molecule has 3 aromatic rings. The number of benzene rings is 1. The monoisotopic (exact) mass is 371 g/mol. The zero-order valence-corrected chi connectivity index (χ0v) is 16.1. The highest BCUT2D eigenvalue weighted by molar-refractivity contribution is 5.61. The lowest BCUT2D eigenvalue weighted by molar-refractivity contribution is 0.249. The summed E-state index contributed by atoms with van der Waals surface area (Å²) in [4.78, 5) is 19.0. The molecule has 1 fully saturated rings. The highest BCUT2D eigenvalue weighted by Gasteiger charge is 2.26. The van der Waals surface area contributed by atoms with Crippen LogP contribution in [0.2, 0.25) is 0 Å². The average molecular weight is 371 g/mol. The van der Waals surface area contributed by atoms with Crippen molar-refractivity contribution in [2.24, 2.45) is 0 Å². The van der Waals surface area contributed by atoms with Gasteiger partial charge in [0.1, 0.15) is 5.82 Å². The van der Waals surface area contributed by atoms with Crippen LogP contribution in [0.1, 0.15) is 23.2 Å². The van der Waals surface area contributed by atoms with Crippen LogP contribution in [0.5, 0.6) is 0 Å². The molecule has 5 rings (SSSR count). The number of fused-ring (bicyclic) bond motifs is 1. The molecule has 3 heterocycles. The quantitative estimate of drug-likeness (QED) is 0.704. The summed E-state index contributed by atoms with van der Waals surface area (Å²) in [6, 6.07) is 14.6. The van der Waals surface area contributed by atoms with E-state index in [1.54, 1.807) is 0 Å². The first-order valence-electron chi connectivity index (χ1n) is 10.2. The van der Waals surface area contributed by atoms with Crippen molar-refractivity contribution in [2.45, 2.75) is 25.8 Å². The van der Waals surface area contributed by atoms with E-state index in [9.17, 15) is 0 Å². The van der Waals surface area contributed by atoms with E-state index < -0.39 is 0 Å². The Labute approximate surface area is 166 Å². The summed E-state index contributed by atoms with van der Waals surface area (Å²) in [5.74, 6) is 2.04. The van der Waals surface area contributed by atoms with Crippen molar-refractivity contribution in [3.8, 4) is 11.4 Å². The fourth-order valence-corrected chi connectivity index (χ4v) is 4.25. The number of aromatic nitrogens is 3. The van der Waals surface area contributed by atoms with Gasteiger partial charge in [0.2, 0.25) is 0 Å². The molecule has 2 aliphatic rings. The number of aryl methyl sites for hydroxylation is 1. The van der Waals surface area contributed by atoms with Crippen molar-refractivity contribution in [1.82, 2.24) is 19.9 Å². The lowest BCUT2D eigenvalue weighted by Crippen LogP contribution is -2.46. The molecule has 1 saturated heterocycles. The molecular weight excluding hydrogens is 346 g/mol. The molecule has 5 nitrogen and oxygen atoms in total. The number of nitrogens with zero attached hydrogens (tertiary/aromatic N) is 5. The molecule has 0 spiro atoms. The smallest absolute Gasteiger partial charge is 0.161 e. The molecule has 28 heavy (non-hydrogen) atoms. The van der Waals surface area contributed by atoms with E-state index in [-0.39, 0.29) is 0 Å². The summed E-state index contributed by atoms with van der Waals surface area (Å²) in [5.41, 5.74) is 5.07. The van der Waals surface area contributed by atoms with Crippen molar-refractivity contribution in [1.29, 1.82) is 0 Å². The first kappa shape index (κ1) is 17.3. The van der Waals surface area contributed by atoms with Gasteiger partial charge in [-0.05, 0) is 37.0 Å². The van der Waals surface area contributed by atoms with Crippen LogP contribution >= 0.6 is 0 Å². The van der Waals surface area contributed by atoms with Crippen molar-refractivity contribution in [3.05, 3.63) is 71.7 Å². The highest BCUT2D eigenvalue weighted by Crippen LogP contribution is 2.32. The van der Waals surface area contributed by atoms with Crippen molar-refractivity contribution >= 4 is 5.82 Å². The zero-order valence-electron chi connectivity index (χ0n) is 16.1. The number of hydrogen-bond acceptors (Lipinski definition) is 5. The largest absolute Gasteiger partial charge is 0.354 e. The molecule has 1 aliphatic carbocycles. The summed E-state index contributed by atoms with van der Waals surface area (Å²) in [7, 11) is 0. The molecule has 5 heteroatoms. The Morgan fingerprint density at radius 1 is 0.821 bits per heavy atom. The molecule has 142 valence electrons. The SMILES string of the molecule is c1ccc(-c2nc3c(c(N4CCN(Cc5ccncc5)CC4)n2)CCC3)cc1. The van der Waals surface area contributed by atoms with Gasteiger partial charge in [0, 0.05) is 61.9 Å². The van der Waals surface area contributed by atoms with E-state index in [1.807, 2.05) is 18.5 Å². The minimum atomic E-state index is 0.871. The molecular formula is C23H25N5. The summed E-state index contributed by atoms with van der Waals surface area (Å²) < 4.78 is 0. The average Bonchev–Trinajstić information content (AvgIpc) is 3.24. The van der Waals surface area contributed by atoms with E-state index in [1.165, 1.54) is 29.1 Å². The zero-order chi connectivity index (χ0) is 18.8. The predicted molar refractivity (Wildman–Crippen MR) is 111 cm³/mol. The third kappa shape index (κ3) is 3.50.